The van der Waals surface area contributed by atoms with Crippen LogP contribution in [-0.4, -0.2) is 40.9 Å². The summed E-state index contributed by atoms with van der Waals surface area (Å²) in [5.74, 6) is 1.52. The van der Waals surface area contributed by atoms with Gasteiger partial charge in [-0.25, -0.2) is 0 Å². The highest BCUT2D eigenvalue weighted by atomic mass is 32.2. The Kier molecular flexibility index (Phi) is 5.12. The lowest BCUT2D eigenvalue weighted by atomic mass is 9.97. The maximum absolute atomic E-state index is 11.9. The van der Waals surface area contributed by atoms with Crippen LogP contribution < -0.4 is 5.73 Å². The second-order valence-corrected chi connectivity index (χ2v) is 7.26. The van der Waals surface area contributed by atoms with Gasteiger partial charge in [-0.05, 0) is 25.3 Å². The van der Waals surface area contributed by atoms with Gasteiger partial charge in [-0.3, -0.25) is 4.79 Å². The fraction of sp³-hybridized carbons (Fsp3) is 0.917. The summed E-state index contributed by atoms with van der Waals surface area (Å²) in [6, 6.07) is 0. The summed E-state index contributed by atoms with van der Waals surface area (Å²) in [6.45, 7) is 8.98. The maximum Gasteiger partial charge on any atom is 0.232 e. The van der Waals surface area contributed by atoms with Gasteiger partial charge in [0, 0.05) is 17.8 Å². The molecular formula is C12H24N2OS. The highest BCUT2D eigenvalue weighted by molar-refractivity contribution is 8.01. The molecule has 0 radical (unpaired) electrons. The van der Waals surface area contributed by atoms with Crippen molar-refractivity contribution >= 4 is 17.7 Å². The summed E-state index contributed by atoms with van der Waals surface area (Å²) in [6.07, 6.45) is 2.14. The normalized spacial score (nSPS) is 18.9. The number of amides is 1. The van der Waals surface area contributed by atoms with E-state index in [1.807, 2.05) is 4.90 Å². The molecular weight excluding hydrogens is 220 g/mol. The molecule has 4 heteroatoms. The summed E-state index contributed by atoms with van der Waals surface area (Å²) in [5.41, 5.74) is 5.63. The van der Waals surface area contributed by atoms with Crippen LogP contribution in [0.1, 0.15) is 33.6 Å². The lowest BCUT2D eigenvalue weighted by Crippen LogP contribution is -2.41. The molecule has 1 heterocycles. The van der Waals surface area contributed by atoms with E-state index >= 15 is 0 Å². The van der Waals surface area contributed by atoms with Crippen LogP contribution in [0.2, 0.25) is 0 Å². The highest BCUT2D eigenvalue weighted by Gasteiger charge is 2.23. The number of carbonyl (C=O) groups excluding carboxylic acids is 1. The van der Waals surface area contributed by atoms with Crippen molar-refractivity contribution in [2.24, 2.45) is 11.7 Å². The van der Waals surface area contributed by atoms with Crippen molar-refractivity contribution in [2.45, 2.75) is 38.4 Å². The lowest BCUT2D eigenvalue weighted by Gasteiger charge is -2.32. The first-order valence-electron chi connectivity index (χ1n) is 6.04. The topological polar surface area (TPSA) is 46.3 Å². The predicted octanol–water partition coefficient (Wildman–Crippen LogP) is 1.72. The van der Waals surface area contributed by atoms with E-state index in [9.17, 15) is 4.79 Å². The lowest BCUT2D eigenvalue weighted by molar-refractivity contribution is -0.129. The third-order valence-electron chi connectivity index (χ3n) is 2.93. The summed E-state index contributed by atoms with van der Waals surface area (Å²) in [4.78, 5) is 13.9. The third kappa shape index (κ3) is 4.74. The molecule has 0 aromatic rings. The number of thioether (sulfide) groups is 1. The third-order valence-corrected chi connectivity index (χ3v) is 4.19. The first kappa shape index (κ1) is 13.8. The first-order chi connectivity index (χ1) is 7.42. The monoisotopic (exact) mass is 244 g/mol. The number of likely N-dealkylation sites (tertiary alicyclic amines) is 1. The van der Waals surface area contributed by atoms with Gasteiger partial charge in [-0.15, -0.1) is 11.8 Å². The van der Waals surface area contributed by atoms with E-state index in [0.717, 1.165) is 32.5 Å². The van der Waals surface area contributed by atoms with Gasteiger partial charge >= 0.3 is 0 Å². The number of nitrogens with zero attached hydrogens (tertiary/aromatic N) is 1. The zero-order valence-electron chi connectivity index (χ0n) is 10.7. The van der Waals surface area contributed by atoms with Crippen LogP contribution in [0.3, 0.4) is 0 Å². The molecule has 0 aromatic heterocycles. The molecule has 0 aliphatic carbocycles. The summed E-state index contributed by atoms with van der Waals surface area (Å²) < 4.78 is 0.172. The Morgan fingerprint density at radius 2 is 1.94 bits per heavy atom. The Hall–Kier alpha value is -0.220. The van der Waals surface area contributed by atoms with E-state index in [0.29, 0.717) is 11.7 Å². The van der Waals surface area contributed by atoms with Crippen LogP contribution in [-0.2, 0) is 4.79 Å². The number of hydrogen-bond acceptors (Lipinski definition) is 3. The van der Waals surface area contributed by atoms with Crippen molar-refractivity contribution in [3.8, 4) is 0 Å². The number of hydrogen-bond donors (Lipinski definition) is 1. The van der Waals surface area contributed by atoms with Crippen molar-refractivity contribution in [3.05, 3.63) is 0 Å². The fourth-order valence-electron chi connectivity index (χ4n) is 1.79. The van der Waals surface area contributed by atoms with Gasteiger partial charge < -0.3 is 10.6 Å². The van der Waals surface area contributed by atoms with E-state index in [1.165, 1.54) is 0 Å². The zero-order chi connectivity index (χ0) is 12.2. The van der Waals surface area contributed by atoms with Gasteiger partial charge in [0.1, 0.15) is 0 Å². The Morgan fingerprint density at radius 3 is 2.38 bits per heavy atom. The summed E-state index contributed by atoms with van der Waals surface area (Å²) >= 11 is 1.73. The zero-order valence-corrected chi connectivity index (χ0v) is 11.5. The Labute approximate surface area is 103 Å². The largest absolute Gasteiger partial charge is 0.342 e. The number of carbonyl (C=O) groups is 1. The Bertz CT molecular complexity index is 230. The highest BCUT2D eigenvalue weighted by Crippen LogP contribution is 2.24. The molecule has 3 nitrogen and oxygen atoms in total. The van der Waals surface area contributed by atoms with Crippen molar-refractivity contribution in [1.29, 1.82) is 0 Å². The average molecular weight is 244 g/mol. The van der Waals surface area contributed by atoms with Gasteiger partial charge in [0.2, 0.25) is 5.91 Å². The Balaban J connectivity index is 2.28. The van der Waals surface area contributed by atoms with Crippen molar-refractivity contribution in [2.75, 3.05) is 25.4 Å². The van der Waals surface area contributed by atoms with Crippen LogP contribution in [0.5, 0.6) is 0 Å². The minimum atomic E-state index is 0.172. The Morgan fingerprint density at radius 1 is 1.38 bits per heavy atom. The van der Waals surface area contributed by atoms with E-state index in [-0.39, 0.29) is 10.7 Å². The van der Waals surface area contributed by atoms with E-state index < -0.39 is 0 Å². The predicted molar refractivity (Wildman–Crippen MR) is 70.6 cm³/mol. The van der Waals surface area contributed by atoms with E-state index in [4.69, 9.17) is 5.73 Å². The second kappa shape index (κ2) is 5.92. The molecule has 94 valence electrons. The van der Waals surface area contributed by atoms with Crippen molar-refractivity contribution < 1.29 is 4.79 Å². The van der Waals surface area contributed by atoms with Gasteiger partial charge in [-0.1, -0.05) is 20.8 Å². The molecule has 0 atom stereocenters. The molecule has 1 rings (SSSR count). The van der Waals surface area contributed by atoms with Crippen LogP contribution in [0.25, 0.3) is 0 Å². The van der Waals surface area contributed by atoms with Crippen LogP contribution in [0, 0.1) is 5.92 Å². The molecule has 0 bridgehead atoms. The van der Waals surface area contributed by atoms with Gasteiger partial charge in [0.15, 0.2) is 0 Å². The van der Waals surface area contributed by atoms with Gasteiger partial charge in [0.05, 0.1) is 5.75 Å². The second-order valence-electron chi connectivity index (χ2n) is 5.46. The molecule has 0 spiro atoms. The molecule has 1 amide bonds. The number of rotatable bonds is 3. The van der Waals surface area contributed by atoms with E-state index in [1.54, 1.807) is 11.8 Å². The minimum absolute atomic E-state index is 0.172. The van der Waals surface area contributed by atoms with Gasteiger partial charge in [0.25, 0.3) is 0 Å². The van der Waals surface area contributed by atoms with Crippen molar-refractivity contribution in [1.82, 2.24) is 4.90 Å². The SMILES string of the molecule is CC(C)(C)SCC(=O)N1CCC(CN)CC1. The molecule has 1 aliphatic rings. The molecule has 1 fully saturated rings. The van der Waals surface area contributed by atoms with E-state index in [2.05, 4.69) is 20.8 Å². The fourth-order valence-corrected chi connectivity index (χ4v) is 2.53. The standard InChI is InChI=1S/C12H24N2OS/c1-12(2,3)16-9-11(15)14-6-4-10(8-13)5-7-14/h10H,4-9,13H2,1-3H3. The average Bonchev–Trinajstić information content (AvgIpc) is 2.25. The molecule has 2 N–H and O–H groups in total. The quantitative estimate of drug-likeness (QED) is 0.822. The molecule has 16 heavy (non-hydrogen) atoms. The van der Waals surface area contributed by atoms with Gasteiger partial charge in [-0.2, -0.15) is 0 Å². The molecule has 1 aliphatic heterocycles. The van der Waals surface area contributed by atoms with Crippen LogP contribution in [0.15, 0.2) is 0 Å². The molecule has 1 saturated heterocycles. The molecule has 0 unspecified atom stereocenters. The van der Waals surface area contributed by atoms with Crippen molar-refractivity contribution in [3.63, 3.8) is 0 Å². The first-order valence-corrected chi connectivity index (χ1v) is 7.03. The van der Waals surface area contributed by atoms with Crippen LogP contribution in [0.4, 0.5) is 0 Å². The smallest absolute Gasteiger partial charge is 0.232 e. The van der Waals surface area contributed by atoms with Crippen LogP contribution >= 0.6 is 11.8 Å². The summed E-state index contributed by atoms with van der Waals surface area (Å²) in [7, 11) is 0. The minimum Gasteiger partial charge on any atom is -0.342 e. The molecule has 0 saturated carbocycles. The maximum atomic E-state index is 11.9. The number of nitrogens with two attached hydrogens (primary N) is 1. The molecule has 0 aromatic carbocycles. The number of piperidine rings is 1. The summed E-state index contributed by atoms with van der Waals surface area (Å²) in [5, 5.41) is 0.